The van der Waals surface area contributed by atoms with Crippen LogP contribution in [0.25, 0.3) is 16.8 Å². The van der Waals surface area contributed by atoms with E-state index < -0.39 is 0 Å². The van der Waals surface area contributed by atoms with Gasteiger partial charge >= 0.3 is 0 Å². The highest BCUT2D eigenvalue weighted by Crippen LogP contribution is 2.35. The van der Waals surface area contributed by atoms with Crippen LogP contribution < -0.4 is 9.80 Å². The van der Waals surface area contributed by atoms with Crippen molar-refractivity contribution in [1.29, 1.82) is 0 Å². The van der Waals surface area contributed by atoms with Crippen LogP contribution in [0.5, 0.6) is 0 Å². The normalized spacial score (nSPS) is 17.4. The predicted octanol–water partition coefficient (Wildman–Crippen LogP) is 1.29. The van der Waals surface area contributed by atoms with Crippen molar-refractivity contribution in [3.8, 4) is 11.1 Å². The molecular weight excluding hydrogens is 350 g/mol. The largest absolute Gasteiger partial charge is 0.370 e. The van der Waals surface area contributed by atoms with Crippen LogP contribution in [0.3, 0.4) is 0 Å². The van der Waals surface area contributed by atoms with E-state index in [2.05, 4.69) is 53.6 Å². The molecule has 2 aromatic heterocycles. The fourth-order valence-electron chi connectivity index (χ4n) is 4.62. The molecule has 0 saturated carbocycles. The number of benzene rings is 1. The van der Waals surface area contributed by atoms with Crippen molar-refractivity contribution >= 4 is 11.5 Å². The lowest BCUT2D eigenvalue weighted by atomic mass is 10.1. The number of anilines is 1. The molecule has 0 bridgehead atoms. The Morgan fingerprint density at radius 2 is 1.86 bits per heavy atom. The zero-order valence-electron chi connectivity index (χ0n) is 16.7. The molecule has 0 atom stereocenters. The van der Waals surface area contributed by atoms with Gasteiger partial charge in [-0.15, -0.1) is 0 Å². The lowest BCUT2D eigenvalue weighted by Gasteiger charge is -2.27. The maximum Gasteiger partial charge on any atom is 0.165 e. The van der Waals surface area contributed by atoms with E-state index >= 15 is 0 Å². The van der Waals surface area contributed by atoms with Crippen molar-refractivity contribution in [1.82, 2.24) is 14.6 Å². The fourth-order valence-corrected chi connectivity index (χ4v) is 4.62. The van der Waals surface area contributed by atoms with Gasteiger partial charge in [0.1, 0.15) is 18.9 Å². The summed E-state index contributed by atoms with van der Waals surface area (Å²) in [5.74, 6) is 1.25. The minimum Gasteiger partial charge on any atom is -0.370 e. The number of nitrogens with zero attached hydrogens (tertiary/aromatic N) is 4. The molecule has 0 unspecified atom stereocenters. The van der Waals surface area contributed by atoms with E-state index in [0.717, 1.165) is 75.0 Å². The molecule has 5 rings (SSSR count). The van der Waals surface area contributed by atoms with Gasteiger partial charge < -0.3 is 14.5 Å². The Hall–Kier alpha value is -2.44. The summed E-state index contributed by atoms with van der Waals surface area (Å²) in [5.41, 5.74) is 6.84. The van der Waals surface area contributed by atoms with Crippen LogP contribution >= 0.6 is 0 Å². The zero-order valence-corrected chi connectivity index (χ0v) is 16.7. The summed E-state index contributed by atoms with van der Waals surface area (Å²) >= 11 is 0. The number of morpholine rings is 1. The highest BCUT2D eigenvalue weighted by molar-refractivity contribution is 5.81. The third-order valence-electron chi connectivity index (χ3n) is 6.15. The average molecular weight is 379 g/mol. The van der Waals surface area contributed by atoms with Gasteiger partial charge in [0.2, 0.25) is 0 Å². The SMILES string of the molecule is Cc1nc2c(-c3ccccc3)c(C)nn2c2c1CCN2CC[NH+]1CCOCC1. The highest BCUT2D eigenvalue weighted by atomic mass is 16.5. The van der Waals surface area contributed by atoms with Gasteiger partial charge in [-0.3, -0.25) is 0 Å². The van der Waals surface area contributed by atoms with Crippen LogP contribution in [0.2, 0.25) is 0 Å². The molecule has 28 heavy (non-hydrogen) atoms. The van der Waals surface area contributed by atoms with Gasteiger partial charge in [-0.25, -0.2) is 4.98 Å². The van der Waals surface area contributed by atoms with Gasteiger partial charge in [0.15, 0.2) is 5.65 Å². The van der Waals surface area contributed by atoms with E-state index in [1.807, 2.05) is 0 Å². The van der Waals surface area contributed by atoms with Gasteiger partial charge in [0, 0.05) is 23.4 Å². The first-order valence-electron chi connectivity index (χ1n) is 10.3. The smallest absolute Gasteiger partial charge is 0.165 e. The molecule has 1 saturated heterocycles. The second kappa shape index (κ2) is 7.18. The quantitative estimate of drug-likeness (QED) is 0.743. The van der Waals surface area contributed by atoms with Gasteiger partial charge in [-0.05, 0) is 25.8 Å². The fraction of sp³-hybridized carbons (Fsp3) is 0.455. The summed E-state index contributed by atoms with van der Waals surface area (Å²) < 4.78 is 7.60. The average Bonchev–Trinajstić information content (AvgIpc) is 3.29. The molecule has 146 valence electrons. The molecule has 0 radical (unpaired) electrons. The summed E-state index contributed by atoms with van der Waals surface area (Å²) in [7, 11) is 0. The minimum atomic E-state index is 0.887. The number of aryl methyl sites for hydroxylation is 2. The Morgan fingerprint density at radius 1 is 1.07 bits per heavy atom. The van der Waals surface area contributed by atoms with E-state index in [1.54, 1.807) is 4.90 Å². The number of fused-ring (bicyclic) bond motifs is 3. The van der Waals surface area contributed by atoms with E-state index in [0.29, 0.717) is 0 Å². The van der Waals surface area contributed by atoms with Crippen LogP contribution in [-0.4, -0.2) is 60.5 Å². The topological polar surface area (TPSA) is 47.1 Å². The van der Waals surface area contributed by atoms with Gasteiger partial charge in [0.25, 0.3) is 0 Å². The Labute approximate surface area is 165 Å². The zero-order chi connectivity index (χ0) is 19.1. The molecule has 1 fully saturated rings. The standard InChI is InChI=1S/C22H27N5O/c1-16-19-8-9-26(11-10-25-12-14-28-15-13-25)22(19)27-21(23-16)20(17(2)24-27)18-6-4-3-5-7-18/h3-7H,8-15H2,1-2H3/p+1. The van der Waals surface area contributed by atoms with Crippen molar-refractivity contribution in [3.05, 3.63) is 47.3 Å². The second-order valence-corrected chi connectivity index (χ2v) is 7.91. The minimum absolute atomic E-state index is 0.887. The molecule has 1 N–H and O–H groups in total. The van der Waals surface area contributed by atoms with E-state index in [9.17, 15) is 0 Å². The lowest BCUT2D eigenvalue weighted by Crippen LogP contribution is -3.14. The Morgan fingerprint density at radius 3 is 2.64 bits per heavy atom. The van der Waals surface area contributed by atoms with Crippen LogP contribution in [-0.2, 0) is 11.2 Å². The second-order valence-electron chi connectivity index (χ2n) is 7.91. The van der Waals surface area contributed by atoms with E-state index in [4.69, 9.17) is 14.8 Å². The van der Waals surface area contributed by atoms with E-state index in [-0.39, 0.29) is 0 Å². The Balaban J connectivity index is 1.53. The molecule has 0 amide bonds. The molecular formula is C22H28N5O+. The maximum atomic E-state index is 5.50. The summed E-state index contributed by atoms with van der Waals surface area (Å²) in [6, 6.07) is 10.5. The number of rotatable bonds is 4. The molecule has 0 aliphatic carbocycles. The Bertz CT molecular complexity index is 991. The van der Waals surface area contributed by atoms with Crippen LogP contribution in [0.4, 0.5) is 5.82 Å². The molecule has 0 spiro atoms. The van der Waals surface area contributed by atoms with Crippen LogP contribution in [0.15, 0.2) is 30.3 Å². The highest BCUT2D eigenvalue weighted by Gasteiger charge is 2.28. The van der Waals surface area contributed by atoms with Crippen molar-refractivity contribution < 1.29 is 9.64 Å². The number of hydrogen-bond donors (Lipinski definition) is 1. The van der Waals surface area contributed by atoms with Gasteiger partial charge in [-0.2, -0.15) is 9.61 Å². The van der Waals surface area contributed by atoms with Crippen molar-refractivity contribution in [2.45, 2.75) is 20.3 Å². The molecule has 2 aliphatic rings. The molecule has 6 heteroatoms. The number of ether oxygens (including phenoxy) is 1. The molecule has 2 aliphatic heterocycles. The number of aromatic nitrogens is 3. The van der Waals surface area contributed by atoms with Gasteiger partial charge in [0.05, 0.1) is 32.0 Å². The summed E-state index contributed by atoms with van der Waals surface area (Å²) in [6.45, 7) is 11.5. The third-order valence-corrected chi connectivity index (χ3v) is 6.15. The molecule has 6 nitrogen and oxygen atoms in total. The lowest BCUT2D eigenvalue weighted by molar-refractivity contribution is -0.906. The molecule has 4 heterocycles. The Kier molecular flexibility index (Phi) is 4.53. The van der Waals surface area contributed by atoms with Crippen LogP contribution in [0, 0.1) is 13.8 Å². The van der Waals surface area contributed by atoms with Crippen molar-refractivity contribution in [3.63, 3.8) is 0 Å². The number of nitrogens with one attached hydrogen (secondary N) is 1. The monoisotopic (exact) mass is 378 g/mol. The molecule has 1 aromatic carbocycles. The van der Waals surface area contributed by atoms with Crippen LogP contribution in [0.1, 0.15) is 17.0 Å². The number of hydrogen-bond acceptors (Lipinski definition) is 4. The predicted molar refractivity (Wildman–Crippen MR) is 110 cm³/mol. The summed E-state index contributed by atoms with van der Waals surface area (Å²) in [5, 5.41) is 4.93. The third kappa shape index (κ3) is 2.97. The van der Waals surface area contributed by atoms with Gasteiger partial charge in [-0.1, -0.05) is 30.3 Å². The van der Waals surface area contributed by atoms with Crippen molar-refractivity contribution in [2.24, 2.45) is 0 Å². The summed E-state index contributed by atoms with van der Waals surface area (Å²) in [4.78, 5) is 9.14. The van der Waals surface area contributed by atoms with E-state index in [1.165, 1.54) is 16.9 Å². The maximum absolute atomic E-state index is 5.50. The first-order valence-corrected chi connectivity index (χ1v) is 10.3. The number of quaternary nitrogens is 1. The summed E-state index contributed by atoms with van der Waals surface area (Å²) in [6.07, 6.45) is 1.06. The van der Waals surface area contributed by atoms with Crippen molar-refractivity contribution in [2.75, 3.05) is 50.8 Å². The first-order chi connectivity index (χ1) is 13.7. The first kappa shape index (κ1) is 17.6. The molecule has 3 aromatic rings.